The predicted octanol–water partition coefficient (Wildman–Crippen LogP) is 3.96. The molecule has 4 heterocycles. The van der Waals surface area contributed by atoms with Crippen molar-refractivity contribution in [3.63, 3.8) is 0 Å². The van der Waals surface area contributed by atoms with Crippen LogP contribution >= 0.6 is 0 Å². The summed E-state index contributed by atoms with van der Waals surface area (Å²) in [6.07, 6.45) is 0.964. The molecule has 0 radical (unpaired) electrons. The molecule has 0 saturated carbocycles. The van der Waals surface area contributed by atoms with Crippen LogP contribution in [0.4, 0.5) is 14.9 Å². The molecule has 0 bridgehead atoms. The van der Waals surface area contributed by atoms with Crippen molar-refractivity contribution in [2.24, 2.45) is 0 Å². The lowest BCUT2D eigenvalue weighted by atomic mass is 10.0. The molecule has 11 nitrogen and oxygen atoms in total. The van der Waals surface area contributed by atoms with E-state index in [0.717, 1.165) is 18.5 Å². The van der Waals surface area contributed by atoms with E-state index < -0.39 is 5.60 Å². The van der Waals surface area contributed by atoms with Gasteiger partial charge in [-0.15, -0.1) is 0 Å². The fraction of sp³-hybridized carbons (Fsp3) is 0.571. The summed E-state index contributed by atoms with van der Waals surface area (Å²) in [7, 11) is 0. The quantitative estimate of drug-likeness (QED) is 0.453. The first-order chi connectivity index (χ1) is 22.4. The van der Waals surface area contributed by atoms with Crippen LogP contribution in [0.5, 0.6) is 5.88 Å². The number of hydrogen-bond donors (Lipinski definition) is 1. The van der Waals surface area contributed by atoms with E-state index in [4.69, 9.17) is 14.2 Å². The Bertz CT molecular complexity index is 1450. The van der Waals surface area contributed by atoms with Crippen LogP contribution in [-0.4, -0.2) is 113 Å². The zero-order valence-corrected chi connectivity index (χ0v) is 28.2. The number of nitrogens with zero attached hydrogens (tertiary/aromatic N) is 5. The van der Waals surface area contributed by atoms with Gasteiger partial charge in [0, 0.05) is 44.3 Å². The summed E-state index contributed by atoms with van der Waals surface area (Å²) in [4.78, 5) is 40.0. The molecule has 2 aromatic rings. The van der Waals surface area contributed by atoms with Crippen molar-refractivity contribution in [2.75, 3.05) is 57.4 Å². The number of benzene rings is 1. The van der Waals surface area contributed by atoms with Crippen molar-refractivity contribution in [3.05, 3.63) is 65.2 Å². The number of piperazine rings is 1. The molecule has 5 rings (SSSR count). The lowest BCUT2D eigenvalue weighted by Crippen LogP contribution is -2.64. The molecule has 2 amide bonds. The average Bonchev–Trinajstić information content (AvgIpc) is 3.02. The molecule has 3 aliphatic rings. The fourth-order valence-electron chi connectivity index (χ4n) is 6.51. The van der Waals surface area contributed by atoms with Crippen LogP contribution in [0.25, 0.3) is 0 Å². The van der Waals surface area contributed by atoms with Gasteiger partial charge in [-0.25, -0.2) is 14.2 Å². The Morgan fingerprint density at radius 3 is 2.57 bits per heavy atom. The number of pyridine rings is 1. The van der Waals surface area contributed by atoms with Crippen molar-refractivity contribution < 1.29 is 33.3 Å². The zero-order valence-electron chi connectivity index (χ0n) is 28.2. The van der Waals surface area contributed by atoms with Crippen molar-refractivity contribution in [1.82, 2.24) is 19.7 Å². The van der Waals surface area contributed by atoms with E-state index in [0.29, 0.717) is 61.9 Å². The summed E-state index contributed by atoms with van der Waals surface area (Å²) in [5.41, 5.74) is 2.27. The Morgan fingerprint density at radius 1 is 1.15 bits per heavy atom. The minimum absolute atomic E-state index is 0.0755. The number of aromatic nitrogens is 1. The third-order valence-corrected chi connectivity index (χ3v) is 8.96. The largest absolute Gasteiger partial charge is 0.470 e. The number of hydrogen-bond acceptors (Lipinski definition) is 9. The molecular weight excluding hydrogens is 605 g/mol. The first-order valence-electron chi connectivity index (χ1n) is 16.4. The van der Waals surface area contributed by atoms with E-state index in [1.807, 2.05) is 27.7 Å². The maximum Gasteiger partial charge on any atom is 0.410 e. The lowest BCUT2D eigenvalue weighted by molar-refractivity contribution is -0.121. The number of fused-ring (bicyclic) bond motifs is 1. The third-order valence-electron chi connectivity index (χ3n) is 8.96. The second kappa shape index (κ2) is 14.7. The normalized spacial score (nSPS) is 22.5. The van der Waals surface area contributed by atoms with Gasteiger partial charge in [-0.2, -0.15) is 0 Å². The monoisotopic (exact) mass is 653 g/mol. The summed E-state index contributed by atoms with van der Waals surface area (Å²) in [6.45, 7) is 17.3. The van der Waals surface area contributed by atoms with E-state index in [2.05, 4.69) is 28.3 Å². The topological polar surface area (TPSA) is 108 Å². The number of aliphatic hydroxyl groups excluding tert-OH is 1. The van der Waals surface area contributed by atoms with Gasteiger partial charge in [0.1, 0.15) is 23.7 Å². The van der Waals surface area contributed by atoms with Gasteiger partial charge in [-0.1, -0.05) is 25.6 Å². The number of rotatable bonds is 8. The molecule has 0 unspecified atom stereocenters. The Labute approximate surface area is 276 Å². The number of carbonyl (C=O) groups is 2. The van der Waals surface area contributed by atoms with Crippen molar-refractivity contribution >= 4 is 17.7 Å². The molecule has 0 aliphatic carbocycles. The average molecular weight is 654 g/mol. The molecule has 1 aromatic heterocycles. The molecule has 2 saturated heterocycles. The van der Waals surface area contributed by atoms with Gasteiger partial charge in [-0.05, 0) is 69.9 Å². The number of aliphatic hydroxyl groups is 1. The van der Waals surface area contributed by atoms with Crippen LogP contribution in [-0.2, 0) is 27.3 Å². The highest BCUT2D eigenvalue weighted by Crippen LogP contribution is 2.36. The van der Waals surface area contributed by atoms with Gasteiger partial charge in [0.05, 0.1) is 37.8 Å². The van der Waals surface area contributed by atoms with E-state index in [1.165, 1.54) is 12.1 Å². The van der Waals surface area contributed by atoms with Gasteiger partial charge in [0.25, 0.3) is 0 Å². The molecule has 1 N–H and O–H groups in total. The highest BCUT2D eigenvalue weighted by atomic mass is 19.1. The SMILES string of the molecule is C=C1COc2nc(CO)c(Cc3ccc(F)cc3)cc2N1C(=O)CN1C[C@@H](C)N(C(=O)OC(C)(C)C)C[C@@H]1CN1CCOC[C@H]1CC. The molecule has 3 atom stereocenters. The van der Waals surface area contributed by atoms with Crippen LogP contribution in [0.1, 0.15) is 57.9 Å². The van der Waals surface area contributed by atoms with Crippen LogP contribution in [0.2, 0.25) is 0 Å². The smallest absolute Gasteiger partial charge is 0.410 e. The number of morpholine rings is 1. The number of anilines is 1. The Morgan fingerprint density at radius 2 is 1.89 bits per heavy atom. The van der Waals surface area contributed by atoms with Gasteiger partial charge in [-0.3, -0.25) is 19.5 Å². The Kier molecular flexibility index (Phi) is 10.8. The summed E-state index contributed by atoms with van der Waals surface area (Å²) >= 11 is 0. The minimum Gasteiger partial charge on any atom is -0.470 e. The van der Waals surface area contributed by atoms with E-state index in [9.17, 15) is 19.1 Å². The third kappa shape index (κ3) is 8.29. The van der Waals surface area contributed by atoms with Gasteiger partial charge < -0.3 is 24.2 Å². The number of amides is 2. The van der Waals surface area contributed by atoms with Crippen molar-refractivity contribution in [1.29, 1.82) is 0 Å². The van der Waals surface area contributed by atoms with Crippen molar-refractivity contribution in [3.8, 4) is 5.88 Å². The summed E-state index contributed by atoms with van der Waals surface area (Å²) < 4.78 is 30.9. The zero-order chi connectivity index (χ0) is 33.9. The molecule has 47 heavy (non-hydrogen) atoms. The number of halogens is 1. The second-order valence-corrected chi connectivity index (χ2v) is 13.7. The maximum absolute atomic E-state index is 14.3. The predicted molar refractivity (Wildman–Crippen MR) is 176 cm³/mol. The first kappa shape index (κ1) is 34.7. The standard InChI is InChI=1S/C35H48FN5O6/c1-7-28-22-45-13-12-38(28)17-29-18-40(34(44)47-35(4,5)6)23(2)16-39(29)19-32(43)41-24(3)21-46-33-31(41)15-26(30(20-42)37-33)14-25-8-10-27(36)11-9-25/h8-11,15,23,28-29,42H,3,7,12-14,16-22H2,1-2,4-6H3/t23-,28-,29+/m1/s1. The highest BCUT2D eigenvalue weighted by molar-refractivity contribution is 5.99. The van der Waals surface area contributed by atoms with Crippen molar-refractivity contribution in [2.45, 2.75) is 77.8 Å². The summed E-state index contributed by atoms with van der Waals surface area (Å²) in [5.74, 6) is -0.279. The Balaban J connectivity index is 1.41. The summed E-state index contributed by atoms with van der Waals surface area (Å²) in [5, 5.41) is 10.1. The summed E-state index contributed by atoms with van der Waals surface area (Å²) in [6, 6.07) is 7.89. The van der Waals surface area contributed by atoms with E-state index >= 15 is 0 Å². The molecular formula is C35H48FN5O6. The highest BCUT2D eigenvalue weighted by Gasteiger charge is 2.40. The molecule has 3 aliphatic heterocycles. The molecule has 2 fully saturated rings. The molecule has 1 aromatic carbocycles. The fourth-order valence-corrected chi connectivity index (χ4v) is 6.51. The van der Waals surface area contributed by atoms with Crippen LogP contribution < -0.4 is 9.64 Å². The Hall–Kier alpha value is -3.58. The maximum atomic E-state index is 14.3. The molecule has 256 valence electrons. The van der Waals surface area contributed by atoms with Gasteiger partial charge >= 0.3 is 6.09 Å². The molecule has 0 spiro atoms. The first-order valence-corrected chi connectivity index (χ1v) is 16.4. The van der Waals surface area contributed by atoms with Gasteiger partial charge in [0.2, 0.25) is 11.8 Å². The number of carbonyl (C=O) groups excluding carboxylic acids is 2. The van der Waals surface area contributed by atoms with E-state index in [1.54, 1.807) is 28.0 Å². The van der Waals surface area contributed by atoms with Crippen LogP contribution in [0, 0.1) is 5.82 Å². The van der Waals surface area contributed by atoms with Crippen LogP contribution in [0.3, 0.4) is 0 Å². The number of ether oxygens (including phenoxy) is 3. The van der Waals surface area contributed by atoms with E-state index in [-0.39, 0.29) is 61.6 Å². The van der Waals surface area contributed by atoms with Gasteiger partial charge in [0.15, 0.2) is 0 Å². The molecule has 12 heteroatoms. The lowest BCUT2D eigenvalue weighted by Gasteiger charge is -2.48. The second-order valence-electron chi connectivity index (χ2n) is 13.7. The minimum atomic E-state index is -0.625. The van der Waals surface area contributed by atoms with Crippen LogP contribution in [0.15, 0.2) is 42.6 Å².